The van der Waals surface area contributed by atoms with Crippen LogP contribution in [0.3, 0.4) is 0 Å². The van der Waals surface area contributed by atoms with Crippen molar-refractivity contribution in [3.63, 3.8) is 0 Å². The first-order valence-corrected chi connectivity index (χ1v) is 13.9. The first kappa shape index (κ1) is 24.4. The molecule has 2 aromatic carbocycles. The molecule has 2 aliphatic heterocycles. The van der Waals surface area contributed by atoms with Crippen molar-refractivity contribution in [3.05, 3.63) is 71.3 Å². The molecule has 2 aromatic rings. The maximum absolute atomic E-state index is 12.4. The summed E-state index contributed by atoms with van der Waals surface area (Å²) in [7, 11) is -3.39. The van der Waals surface area contributed by atoms with Crippen molar-refractivity contribution in [1.29, 1.82) is 0 Å². The number of benzene rings is 2. The van der Waals surface area contributed by atoms with Crippen LogP contribution in [-0.2, 0) is 14.6 Å². The fourth-order valence-electron chi connectivity index (χ4n) is 5.62. The highest BCUT2D eigenvalue weighted by Gasteiger charge is 2.41. The van der Waals surface area contributed by atoms with E-state index in [-0.39, 0.29) is 6.04 Å². The zero-order chi connectivity index (χ0) is 24.3. The normalized spacial score (nSPS) is 23.4. The van der Waals surface area contributed by atoms with E-state index in [4.69, 9.17) is 5.73 Å². The van der Waals surface area contributed by atoms with Gasteiger partial charge < -0.3 is 11.1 Å². The van der Waals surface area contributed by atoms with Gasteiger partial charge in [0.25, 0.3) is 0 Å². The molecule has 182 valence electrons. The van der Waals surface area contributed by atoms with Crippen LogP contribution in [0, 0.1) is 0 Å². The lowest BCUT2D eigenvalue weighted by Crippen LogP contribution is -2.44. The molecule has 2 bridgehead atoms. The number of rotatable bonds is 9. The van der Waals surface area contributed by atoms with Crippen molar-refractivity contribution in [3.8, 4) is 0 Å². The van der Waals surface area contributed by atoms with Crippen LogP contribution in [0.15, 0.2) is 54.6 Å². The fraction of sp³-hybridized carbons (Fsp3) is 0.462. The zero-order valence-electron chi connectivity index (χ0n) is 19.5. The van der Waals surface area contributed by atoms with Crippen molar-refractivity contribution in [2.45, 2.75) is 56.1 Å². The lowest BCUT2D eigenvalue weighted by atomic mass is 9.84. The summed E-state index contributed by atoms with van der Waals surface area (Å²) in [5, 5.41) is 2.94. The smallest absolute Gasteiger partial charge is 0.248 e. The van der Waals surface area contributed by atoms with Gasteiger partial charge in [0.2, 0.25) is 11.8 Å². The summed E-state index contributed by atoms with van der Waals surface area (Å²) in [6.45, 7) is 0.835. The van der Waals surface area contributed by atoms with Crippen LogP contribution in [0.1, 0.15) is 65.5 Å². The third-order valence-electron chi connectivity index (χ3n) is 7.13. The lowest BCUT2D eigenvalue weighted by molar-refractivity contribution is -0.119. The molecule has 0 spiro atoms. The van der Waals surface area contributed by atoms with E-state index < -0.39 is 27.4 Å². The Balaban J connectivity index is 1.42. The molecule has 3 atom stereocenters. The molecule has 4 rings (SSSR count). The Morgan fingerprint density at radius 2 is 1.74 bits per heavy atom. The number of fused-ring (bicyclic) bond motifs is 2. The van der Waals surface area contributed by atoms with E-state index >= 15 is 0 Å². The second-order valence-corrected chi connectivity index (χ2v) is 11.8. The average Bonchev–Trinajstić information content (AvgIpc) is 3.02. The number of carbonyl (C=O) groups excluding carboxylic acids is 2. The minimum atomic E-state index is -3.39. The second kappa shape index (κ2) is 10.3. The Morgan fingerprint density at radius 3 is 2.35 bits per heavy atom. The molecule has 2 saturated heterocycles. The zero-order valence-corrected chi connectivity index (χ0v) is 20.3. The number of hydrogen-bond donors (Lipinski definition) is 2. The molecule has 7 nitrogen and oxygen atoms in total. The van der Waals surface area contributed by atoms with E-state index in [1.807, 2.05) is 42.5 Å². The maximum atomic E-state index is 12.4. The summed E-state index contributed by atoms with van der Waals surface area (Å²) in [4.78, 5) is 26.5. The highest BCUT2D eigenvalue weighted by molar-refractivity contribution is 7.91. The predicted molar refractivity (Wildman–Crippen MR) is 132 cm³/mol. The molecule has 8 heteroatoms. The van der Waals surface area contributed by atoms with Crippen LogP contribution >= 0.6 is 0 Å². The molecule has 2 aliphatic rings. The van der Waals surface area contributed by atoms with Gasteiger partial charge in [0.1, 0.15) is 5.75 Å². The van der Waals surface area contributed by atoms with Crippen LogP contribution in [0.5, 0.6) is 0 Å². The minimum Gasteiger partial charge on any atom is -0.366 e. The summed E-state index contributed by atoms with van der Waals surface area (Å²) in [6, 6.07) is 18.1. The van der Waals surface area contributed by atoms with Crippen molar-refractivity contribution in [2.75, 3.05) is 18.6 Å². The van der Waals surface area contributed by atoms with Crippen molar-refractivity contribution < 1.29 is 18.0 Å². The summed E-state index contributed by atoms with van der Waals surface area (Å²) in [5.74, 6) is -0.955. The topological polar surface area (TPSA) is 110 Å². The first-order chi connectivity index (χ1) is 16.2. The van der Waals surface area contributed by atoms with Crippen LogP contribution in [0.2, 0.25) is 0 Å². The summed E-state index contributed by atoms with van der Waals surface area (Å²) in [5.41, 5.74) is 8.20. The van der Waals surface area contributed by atoms with Gasteiger partial charge in [-0.2, -0.15) is 0 Å². The van der Waals surface area contributed by atoms with Crippen LogP contribution in [0.4, 0.5) is 0 Å². The molecule has 1 unspecified atom stereocenters. The van der Waals surface area contributed by atoms with Gasteiger partial charge in [-0.1, -0.05) is 42.5 Å². The molecular formula is C26H33N3O4S. The number of carbonyl (C=O) groups is 2. The van der Waals surface area contributed by atoms with Crippen LogP contribution in [0.25, 0.3) is 0 Å². The van der Waals surface area contributed by atoms with Crippen LogP contribution in [-0.4, -0.2) is 55.8 Å². The Labute approximate surface area is 201 Å². The Hall–Kier alpha value is -2.71. The van der Waals surface area contributed by atoms with E-state index in [2.05, 4.69) is 16.3 Å². The largest absolute Gasteiger partial charge is 0.366 e. The van der Waals surface area contributed by atoms with E-state index in [1.165, 1.54) is 5.56 Å². The molecule has 0 aliphatic carbocycles. The minimum absolute atomic E-state index is 0.236. The SMILES string of the molecule is CS(=O)(=O)CC(=O)NC(CCN1[C@@H]2CC[C@@H]1CC(c1cccc(C(N)=O)c1)C2)c1ccccc1. The number of nitrogens with zero attached hydrogens (tertiary/aromatic N) is 1. The molecule has 2 fully saturated rings. The number of hydrogen-bond acceptors (Lipinski definition) is 5. The molecule has 3 N–H and O–H groups in total. The van der Waals surface area contributed by atoms with E-state index in [0.717, 1.165) is 44.0 Å². The highest BCUT2D eigenvalue weighted by atomic mass is 32.2. The Bertz CT molecular complexity index is 1120. The summed E-state index contributed by atoms with van der Waals surface area (Å²) in [6.07, 6.45) is 6.16. The third kappa shape index (κ3) is 6.04. The standard InChI is InChI=1S/C26H33N3O4S/c1-34(32,33)17-25(30)28-24(18-6-3-2-4-7-18)12-13-29-22-10-11-23(29)16-21(15-22)19-8-5-9-20(14-19)26(27)31/h2-9,14,21-24H,10-13,15-17H2,1H3,(H2,27,31)(H,28,30)/t22-,23-,24?/m1/s1. The summed E-state index contributed by atoms with van der Waals surface area (Å²) < 4.78 is 23.1. The van der Waals surface area contributed by atoms with Gasteiger partial charge in [-0.15, -0.1) is 0 Å². The Kier molecular flexibility index (Phi) is 7.38. The van der Waals surface area contributed by atoms with Gasteiger partial charge in [0, 0.05) is 30.4 Å². The maximum Gasteiger partial charge on any atom is 0.248 e. The van der Waals surface area contributed by atoms with Gasteiger partial charge in [-0.25, -0.2) is 8.42 Å². The number of amides is 2. The number of nitrogens with one attached hydrogen (secondary N) is 1. The Morgan fingerprint density at radius 1 is 1.06 bits per heavy atom. The van der Waals surface area contributed by atoms with Gasteiger partial charge in [0.15, 0.2) is 9.84 Å². The number of nitrogens with two attached hydrogens (primary N) is 1. The molecule has 0 radical (unpaired) electrons. The van der Waals surface area contributed by atoms with Crippen molar-refractivity contribution >= 4 is 21.7 Å². The number of primary amides is 1. The van der Waals surface area contributed by atoms with Gasteiger partial charge in [-0.3, -0.25) is 14.5 Å². The van der Waals surface area contributed by atoms with Crippen molar-refractivity contribution in [2.24, 2.45) is 5.73 Å². The average molecular weight is 484 g/mol. The van der Waals surface area contributed by atoms with Crippen LogP contribution < -0.4 is 11.1 Å². The molecular weight excluding hydrogens is 450 g/mol. The summed E-state index contributed by atoms with van der Waals surface area (Å²) >= 11 is 0. The molecule has 34 heavy (non-hydrogen) atoms. The predicted octanol–water partition coefficient (Wildman–Crippen LogP) is 2.79. The van der Waals surface area contributed by atoms with E-state index in [0.29, 0.717) is 30.0 Å². The van der Waals surface area contributed by atoms with Gasteiger partial charge >= 0.3 is 0 Å². The molecule has 0 aromatic heterocycles. The number of sulfone groups is 1. The van der Waals surface area contributed by atoms with Crippen molar-refractivity contribution in [1.82, 2.24) is 10.2 Å². The molecule has 2 amide bonds. The second-order valence-electron chi connectivity index (χ2n) is 9.67. The molecule has 2 heterocycles. The highest BCUT2D eigenvalue weighted by Crippen LogP contribution is 2.43. The van der Waals surface area contributed by atoms with Gasteiger partial charge in [-0.05, 0) is 61.3 Å². The van der Waals surface area contributed by atoms with Gasteiger partial charge in [0.05, 0.1) is 6.04 Å². The van der Waals surface area contributed by atoms with E-state index in [1.54, 1.807) is 6.07 Å². The molecule has 0 saturated carbocycles. The number of piperidine rings is 1. The quantitative estimate of drug-likeness (QED) is 0.570. The monoisotopic (exact) mass is 483 g/mol. The van der Waals surface area contributed by atoms with E-state index in [9.17, 15) is 18.0 Å². The third-order valence-corrected chi connectivity index (χ3v) is 7.92. The first-order valence-electron chi connectivity index (χ1n) is 11.9. The fourth-order valence-corrected chi connectivity index (χ4v) is 6.18. The lowest BCUT2D eigenvalue weighted by Gasteiger charge is -2.40.